The summed E-state index contributed by atoms with van der Waals surface area (Å²) in [6.07, 6.45) is 3.37. The number of hydrogen-bond acceptors (Lipinski definition) is 3. The fourth-order valence-electron chi connectivity index (χ4n) is 2.13. The van der Waals surface area contributed by atoms with Crippen molar-refractivity contribution in [3.05, 3.63) is 33.8 Å². The largest absolute Gasteiger partial charge is 0.392 e. The summed E-state index contributed by atoms with van der Waals surface area (Å²) in [6, 6.07) is 5.80. The van der Waals surface area contributed by atoms with Gasteiger partial charge in [-0.2, -0.15) is 5.10 Å². The molecule has 0 amide bonds. The lowest BCUT2D eigenvalue weighted by molar-refractivity contribution is 0.0934. The van der Waals surface area contributed by atoms with Crippen LogP contribution in [0, 0.1) is 0 Å². The number of β-amino-alcohol motifs (C(OH)–C–C–N with tert-alkyl or cyclic N) is 1. The van der Waals surface area contributed by atoms with Crippen molar-refractivity contribution in [2.45, 2.75) is 31.9 Å². The van der Waals surface area contributed by atoms with Gasteiger partial charge in [0.15, 0.2) is 0 Å². The van der Waals surface area contributed by atoms with Gasteiger partial charge in [0, 0.05) is 6.21 Å². The van der Waals surface area contributed by atoms with Crippen LogP contribution < -0.4 is 0 Å². The number of rotatable bonds is 3. The number of halogens is 2. The summed E-state index contributed by atoms with van der Waals surface area (Å²) in [5.74, 6) is 0. The molecule has 1 aromatic rings. The van der Waals surface area contributed by atoms with Crippen LogP contribution in [-0.2, 0) is 0 Å². The predicted molar refractivity (Wildman–Crippen MR) is 75.3 cm³/mol. The van der Waals surface area contributed by atoms with Gasteiger partial charge in [-0.1, -0.05) is 29.3 Å². The average Bonchev–Trinajstić information content (AvgIpc) is 2.33. The fraction of sp³-hybridized carbons (Fsp3) is 0.462. The normalized spacial score (nSPS) is 21.1. The highest BCUT2D eigenvalue weighted by molar-refractivity contribution is 6.42. The minimum Gasteiger partial charge on any atom is -0.392 e. The third kappa shape index (κ3) is 3.16. The smallest absolute Gasteiger partial charge is 0.0725 e. The zero-order valence-electron chi connectivity index (χ0n) is 10.2. The van der Waals surface area contributed by atoms with E-state index in [1.807, 2.05) is 23.4 Å². The van der Waals surface area contributed by atoms with E-state index in [-0.39, 0.29) is 6.04 Å². The molecule has 0 aliphatic carbocycles. The van der Waals surface area contributed by atoms with Crippen molar-refractivity contribution in [2.75, 3.05) is 6.54 Å². The Morgan fingerprint density at radius 3 is 2.89 bits per heavy atom. The Kier molecular flexibility index (Phi) is 4.49. The lowest BCUT2D eigenvalue weighted by Crippen LogP contribution is -2.32. The molecule has 0 bridgehead atoms. The highest BCUT2D eigenvalue weighted by Crippen LogP contribution is 2.32. The molecule has 18 heavy (non-hydrogen) atoms. The number of aliphatic hydroxyl groups excluding tert-OH is 1. The number of nitrogens with zero attached hydrogens (tertiary/aromatic N) is 2. The van der Waals surface area contributed by atoms with Crippen LogP contribution in [0.15, 0.2) is 23.3 Å². The van der Waals surface area contributed by atoms with Crippen molar-refractivity contribution < 1.29 is 5.11 Å². The molecule has 0 radical (unpaired) electrons. The van der Waals surface area contributed by atoms with Crippen LogP contribution in [0.25, 0.3) is 0 Å². The molecule has 1 aromatic carbocycles. The van der Waals surface area contributed by atoms with E-state index in [4.69, 9.17) is 23.2 Å². The number of hydrogen-bond donors (Lipinski definition) is 1. The molecule has 5 heteroatoms. The number of benzene rings is 1. The highest BCUT2D eigenvalue weighted by atomic mass is 35.5. The Morgan fingerprint density at radius 1 is 1.44 bits per heavy atom. The summed E-state index contributed by atoms with van der Waals surface area (Å²) >= 11 is 12.0. The average molecular weight is 287 g/mol. The van der Waals surface area contributed by atoms with Crippen molar-refractivity contribution in [3.8, 4) is 0 Å². The van der Waals surface area contributed by atoms with Gasteiger partial charge in [0.1, 0.15) is 0 Å². The zero-order chi connectivity index (χ0) is 13.1. The Morgan fingerprint density at radius 2 is 2.22 bits per heavy atom. The lowest BCUT2D eigenvalue weighted by atomic mass is 10.0. The molecule has 2 atom stereocenters. The maximum Gasteiger partial charge on any atom is 0.0725 e. The Balaban J connectivity index is 2.23. The minimum atomic E-state index is -0.412. The molecule has 0 saturated heterocycles. The SMILES string of the molecule is CC(O)CN1N=CCCC1c1ccc(Cl)c(Cl)c1. The van der Waals surface area contributed by atoms with Gasteiger partial charge in [-0.25, -0.2) is 0 Å². The van der Waals surface area contributed by atoms with Gasteiger partial charge >= 0.3 is 0 Å². The van der Waals surface area contributed by atoms with Crippen molar-refractivity contribution in [2.24, 2.45) is 5.10 Å². The van der Waals surface area contributed by atoms with Gasteiger partial charge in [0.2, 0.25) is 0 Å². The van der Waals surface area contributed by atoms with Gasteiger partial charge in [0.25, 0.3) is 0 Å². The van der Waals surface area contributed by atoms with Crippen molar-refractivity contribution in [3.63, 3.8) is 0 Å². The third-order valence-electron chi connectivity index (χ3n) is 2.94. The number of hydrazone groups is 1. The van der Waals surface area contributed by atoms with Crippen molar-refractivity contribution in [1.82, 2.24) is 5.01 Å². The molecule has 1 aliphatic rings. The van der Waals surface area contributed by atoms with E-state index in [1.54, 1.807) is 13.0 Å². The molecule has 3 nitrogen and oxygen atoms in total. The second kappa shape index (κ2) is 5.91. The molecule has 98 valence electrons. The molecule has 1 aliphatic heterocycles. The van der Waals surface area contributed by atoms with Gasteiger partial charge in [0.05, 0.1) is 28.7 Å². The molecule has 0 saturated carbocycles. The zero-order valence-corrected chi connectivity index (χ0v) is 11.7. The van der Waals surface area contributed by atoms with E-state index in [2.05, 4.69) is 5.10 Å². The predicted octanol–water partition coefficient (Wildman–Crippen LogP) is 3.50. The van der Waals surface area contributed by atoms with Crippen LogP contribution in [0.1, 0.15) is 31.4 Å². The van der Waals surface area contributed by atoms with Gasteiger partial charge in [-0.3, -0.25) is 5.01 Å². The second-order valence-corrected chi connectivity index (χ2v) is 5.35. The summed E-state index contributed by atoms with van der Waals surface area (Å²) < 4.78 is 0. The van der Waals surface area contributed by atoms with Crippen LogP contribution in [0.2, 0.25) is 10.0 Å². The van der Waals surface area contributed by atoms with E-state index in [0.717, 1.165) is 18.4 Å². The Labute approximate surface area is 117 Å². The van der Waals surface area contributed by atoms with Gasteiger partial charge < -0.3 is 5.11 Å². The van der Waals surface area contributed by atoms with Crippen molar-refractivity contribution in [1.29, 1.82) is 0 Å². The summed E-state index contributed by atoms with van der Waals surface area (Å²) in [5, 5.41) is 16.9. The molecule has 2 rings (SSSR count). The molecule has 0 aromatic heterocycles. The fourth-order valence-corrected chi connectivity index (χ4v) is 2.43. The first-order valence-electron chi connectivity index (χ1n) is 6.00. The van der Waals surface area contributed by atoms with Crippen LogP contribution in [0.3, 0.4) is 0 Å². The molecule has 0 spiro atoms. The maximum atomic E-state index is 9.51. The van der Waals surface area contributed by atoms with Crippen molar-refractivity contribution >= 4 is 29.4 Å². The van der Waals surface area contributed by atoms with E-state index >= 15 is 0 Å². The van der Waals surface area contributed by atoms with E-state index < -0.39 is 6.10 Å². The standard InChI is InChI=1S/C13H16Cl2N2O/c1-9(18)8-17-13(3-2-6-16-17)10-4-5-11(14)12(15)7-10/h4-7,9,13,18H,2-3,8H2,1H3. The number of aliphatic hydroxyl groups is 1. The van der Waals surface area contributed by atoms with E-state index in [0.29, 0.717) is 16.6 Å². The summed E-state index contributed by atoms with van der Waals surface area (Å²) in [4.78, 5) is 0. The van der Waals surface area contributed by atoms with Gasteiger partial charge in [-0.15, -0.1) is 0 Å². The molecule has 1 heterocycles. The monoisotopic (exact) mass is 286 g/mol. The quantitative estimate of drug-likeness (QED) is 0.923. The van der Waals surface area contributed by atoms with Crippen LogP contribution >= 0.6 is 23.2 Å². The molecular weight excluding hydrogens is 271 g/mol. The Bertz CT molecular complexity index is 449. The molecule has 2 unspecified atom stereocenters. The highest BCUT2D eigenvalue weighted by Gasteiger charge is 2.22. The first-order valence-corrected chi connectivity index (χ1v) is 6.75. The summed E-state index contributed by atoms with van der Waals surface area (Å²) in [7, 11) is 0. The molecule has 0 fully saturated rings. The van der Waals surface area contributed by atoms with E-state index in [9.17, 15) is 5.11 Å². The molecule has 1 N–H and O–H groups in total. The second-order valence-electron chi connectivity index (χ2n) is 4.54. The first kappa shape index (κ1) is 13.7. The summed E-state index contributed by atoms with van der Waals surface area (Å²) in [6.45, 7) is 2.28. The Hall–Kier alpha value is -0.770. The maximum absolute atomic E-state index is 9.51. The minimum absolute atomic E-state index is 0.152. The topological polar surface area (TPSA) is 35.8 Å². The first-order chi connectivity index (χ1) is 8.58. The van der Waals surface area contributed by atoms with Crippen LogP contribution in [-0.4, -0.2) is 29.0 Å². The molecular formula is C13H16Cl2N2O. The van der Waals surface area contributed by atoms with Crippen LogP contribution in [0.4, 0.5) is 0 Å². The summed E-state index contributed by atoms with van der Waals surface area (Å²) in [5.41, 5.74) is 1.09. The lowest BCUT2D eigenvalue weighted by Gasteiger charge is -2.33. The third-order valence-corrected chi connectivity index (χ3v) is 3.68. The van der Waals surface area contributed by atoms with Crippen LogP contribution in [0.5, 0.6) is 0 Å². The van der Waals surface area contributed by atoms with Gasteiger partial charge in [-0.05, 0) is 37.5 Å². The van der Waals surface area contributed by atoms with E-state index in [1.165, 1.54) is 0 Å².